The molecule has 1 aliphatic heterocycles. The molecule has 4 aromatic rings. The maximum Gasteiger partial charge on any atom is 0.340 e. The second kappa shape index (κ2) is 13.7. The number of aromatic nitrogens is 4. The number of halogens is 1. The van der Waals surface area contributed by atoms with Crippen LogP contribution in [0.15, 0.2) is 53.7 Å². The van der Waals surface area contributed by atoms with Crippen molar-refractivity contribution in [3.63, 3.8) is 0 Å². The molecule has 1 aliphatic rings. The van der Waals surface area contributed by atoms with Gasteiger partial charge >= 0.3 is 5.97 Å². The van der Waals surface area contributed by atoms with Crippen molar-refractivity contribution in [1.29, 1.82) is 0 Å². The molecular formula is C34H42BrN5O4S. The first-order valence-corrected chi connectivity index (χ1v) is 16.9. The quantitative estimate of drug-likeness (QED) is 0.118. The number of hydrogen-bond acceptors (Lipinski definition) is 9. The maximum atomic E-state index is 13.5. The summed E-state index contributed by atoms with van der Waals surface area (Å²) in [7, 11) is 0. The van der Waals surface area contributed by atoms with Gasteiger partial charge in [-0.3, -0.25) is 0 Å². The molecule has 1 unspecified atom stereocenters. The van der Waals surface area contributed by atoms with Crippen molar-refractivity contribution in [3.8, 4) is 10.7 Å². The Labute approximate surface area is 277 Å². The Balaban J connectivity index is 1.59. The first-order valence-electron chi connectivity index (χ1n) is 15.3. The third kappa shape index (κ3) is 7.82. The van der Waals surface area contributed by atoms with Gasteiger partial charge in [0.1, 0.15) is 16.5 Å². The molecule has 1 atom stereocenters. The Morgan fingerprint density at radius 3 is 2.67 bits per heavy atom. The standard InChI is InChI=1S/C34H42BrN5O4S/c1-8-17-43-34(7)13-15-39(16-14-34)31-28(29(32(41)42-9-2)44-33(4,5)6)22(3)37-27-20-26(38-40(27)31)30-36-21-25(45-30)19-23-11-10-12-24(35)18-23/h8,10-12,18,20-21,29H,1,9,13-17,19H2,2-7H3. The number of esters is 1. The van der Waals surface area contributed by atoms with Gasteiger partial charge in [-0.2, -0.15) is 9.61 Å². The highest BCUT2D eigenvalue weighted by atomic mass is 79.9. The van der Waals surface area contributed by atoms with Crippen molar-refractivity contribution < 1.29 is 19.0 Å². The Morgan fingerprint density at radius 1 is 1.24 bits per heavy atom. The minimum atomic E-state index is -0.980. The summed E-state index contributed by atoms with van der Waals surface area (Å²) >= 11 is 5.18. The predicted molar refractivity (Wildman–Crippen MR) is 182 cm³/mol. The lowest BCUT2D eigenvalue weighted by Gasteiger charge is -2.41. The molecule has 0 saturated carbocycles. The largest absolute Gasteiger partial charge is 0.464 e. The van der Waals surface area contributed by atoms with E-state index in [1.54, 1.807) is 24.3 Å². The number of aryl methyl sites for hydroxylation is 1. The highest BCUT2D eigenvalue weighted by Crippen LogP contribution is 2.39. The highest BCUT2D eigenvalue weighted by Gasteiger charge is 2.38. The second-order valence-electron chi connectivity index (χ2n) is 12.6. The summed E-state index contributed by atoms with van der Waals surface area (Å²) in [6.45, 7) is 17.6. The van der Waals surface area contributed by atoms with Crippen LogP contribution in [-0.4, -0.2) is 63.1 Å². The van der Waals surface area contributed by atoms with Crippen LogP contribution >= 0.6 is 27.3 Å². The molecule has 0 aliphatic carbocycles. The zero-order chi connectivity index (χ0) is 32.4. The molecule has 45 heavy (non-hydrogen) atoms. The average Bonchev–Trinajstić information content (AvgIpc) is 3.61. The van der Waals surface area contributed by atoms with E-state index in [1.165, 1.54) is 5.56 Å². The number of carbonyl (C=O) groups is 1. The van der Waals surface area contributed by atoms with Crippen molar-refractivity contribution in [2.45, 2.75) is 78.1 Å². The minimum absolute atomic E-state index is 0.244. The molecule has 1 aromatic carbocycles. The number of ether oxygens (including phenoxy) is 3. The van der Waals surface area contributed by atoms with E-state index in [0.29, 0.717) is 36.6 Å². The van der Waals surface area contributed by atoms with E-state index >= 15 is 0 Å². The Morgan fingerprint density at radius 2 is 2.00 bits per heavy atom. The molecule has 0 N–H and O–H groups in total. The number of carbonyl (C=O) groups excluding carboxylic acids is 1. The molecule has 5 rings (SSSR count). The normalized spacial score (nSPS) is 15.8. The van der Waals surface area contributed by atoms with E-state index < -0.39 is 17.7 Å². The van der Waals surface area contributed by atoms with Crippen molar-refractivity contribution >= 4 is 44.7 Å². The van der Waals surface area contributed by atoms with Gasteiger partial charge in [-0.15, -0.1) is 17.9 Å². The Kier molecular flexibility index (Phi) is 10.1. The third-order valence-electron chi connectivity index (χ3n) is 7.75. The molecule has 1 fully saturated rings. The number of fused-ring (bicyclic) bond motifs is 1. The van der Waals surface area contributed by atoms with Gasteiger partial charge < -0.3 is 19.1 Å². The topological polar surface area (TPSA) is 91.1 Å². The smallest absolute Gasteiger partial charge is 0.340 e. The number of anilines is 1. The van der Waals surface area contributed by atoms with Crippen molar-refractivity contribution in [2.75, 3.05) is 31.2 Å². The lowest BCUT2D eigenvalue weighted by atomic mass is 9.92. The van der Waals surface area contributed by atoms with E-state index in [4.69, 9.17) is 29.3 Å². The molecule has 4 heterocycles. The molecule has 0 amide bonds. The molecule has 1 saturated heterocycles. The summed E-state index contributed by atoms with van der Waals surface area (Å²) in [4.78, 5) is 26.6. The molecule has 11 heteroatoms. The first-order chi connectivity index (χ1) is 21.4. The van der Waals surface area contributed by atoms with Gasteiger partial charge in [0, 0.05) is 46.8 Å². The monoisotopic (exact) mass is 695 g/mol. The van der Waals surface area contributed by atoms with Crippen LogP contribution in [0.2, 0.25) is 0 Å². The van der Waals surface area contributed by atoms with Gasteiger partial charge in [-0.1, -0.05) is 34.1 Å². The third-order valence-corrected chi connectivity index (χ3v) is 9.26. The SMILES string of the molecule is C=CCOC1(C)CCN(c2c(C(OC(C)(C)C)C(=O)OCC)c(C)nc3cc(-c4ncc(Cc5cccc(Br)c5)s4)nn23)CC1. The number of thiazole rings is 1. The summed E-state index contributed by atoms with van der Waals surface area (Å²) in [5.74, 6) is 0.335. The lowest BCUT2D eigenvalue weighted by molar-refractivity contribution is -0.166. The Bertz CT molecular complexity index is 1670. The number of hydrogen-bond donors (Lipinski definition) is 0. The molecule has 0 radical (unpaired) electrons. The van der Waals surface area contributed by atoms with Crippen LogP contribution in [0.25, 0.3) is 16.3 Å². The zero-order valence-electron chi connectivity index (χ0n) is 26.9. The van der Waals surface area contributed by atoms with Crippen LogP contribution in [-0.2, 0) is 25.4 Å². The zero-order valence-corrected chi connectivity index (χ0v) is 29.3. The fourth-order valence-corrected chi connectivity index (χ4v) is 6.93. The average molecular weight is 697 g/mol. The van der Waals surface area contributed by atoms with Gasteiger partial charge in [0.2, 0.25) is 0 Å². The van der Waals surface area contributed by atoms with E-state index in [2.05, 4.69) is 46.5 Å². The summed E-state index contributed by atoms with van der Waals surface area (Å²) in [6.07, 6.45) is 5.10. The van der Waals surface area contributed by atoms with Crippen LogP contribution in [0.4, 0.5) is 5.82 Å². The van der Waals surface area contributed by atoms with Crippen LogP contribution in [0.1, 0.15) is 75.3 Å². The van der Waals surface area contributed by atoms with Gasteiger partial charge in [0.15, 0.2) is 11.8 Å². The summed E-state index contributed by atoms with van der Waals surface area (Å²) in [5.41, 5.74) is 3.08. The van der Waals surface area contributed by atoms with Crippen LogP contribution in [0.5, 0.6) is 0 Å². The van der Waals surface area contributed by atoms with Gasteiger partial charge in [0.05, 0.1) is 30.0 Å². The first kappa shape index (κ1) is 33.2. The van der Waals surface area contributed by atoms with E-state index in [0.717, 1.165) is 45.1 Å². The van der Waals surface area contributed by atoms with Gasteiger partial charge in [-0.25, -0.2) is 14.8 Å². The van der Waals surface area contributed by atoms with Crippen LogP contribution in [0, 0.1) is 6.92 Å². The van der Waals surface area contributed by atoms with Crippen LogP contribution in [0.3, 0.4) is 0 Å². The Hall–Kier alpha value is -3.12. The fourth-order valence-electron chi connectivity index (χ4n) is 5.58. The molecule has 3 aromatic heterocycles. The fraction of sp³-hybridized carbons (Fsp3) is 0.471. The molecular weight excluding hydrogens is 654 g/mol. The second-order valence-corrected chi connectivity index (χ2v) is 14.6. The molecule has 240 valence electrons. The van der Waals surface area contributed by atoms with Crippen LogP contribution < -0.4 is 4.90 Å². The van der Waals surface area contributed by atoms with Gasteiger partial charge in [0.25, 0.3) is 0 Å². The van der Waals surface area contributed by atoms with E-state index in [9.17, 15) is 4.79 Å². The van der Waals surface area contributed by atoms with E-state index in [1.807, 2.05) is 56.6 Å². The summed E-state index contributed by atoms with van der Waals surface area (Å²) < 4.78 is 21.0. The number of nitrogens with zero attached hydrogens (tertiary/aromatic N) is 5. The highest BCUT2D eigenvalue weighted by molar-refractivity contribution is 9.10. The van der Waals surface area contributed by atoms with E-state index in [-0.39, 0.29) is 12.2 Å². The number of benzene rings is 1. The van der Waals surface area contributed by atoms with Crippen molar-refractivity contribution in [3.05, 3.63) is 75.4 Å². The molecule has 0 bridgehead atoms. The summed E-state index contributed by atoms with van der Waals surface area (Å²) in [6, 6.07) is 10.3. The maximum absolute atomic E-state index is 13.5. The van der Waals surface area contributed by atoms with Crippen molar-refractivity contribution in [2.24, 2.45) is 0 Å². The number of piperidine rings is 1. The predicted octanol–water partition coefficient (Wildman–Crippen LogP) is 7.50. The van der Waals surface area contributed by atoms with Crippen molar-refractivity contribution in [1.82, 2.24) is 19.6 Å². The lowest BCUT2D eigenvalue weighted by Crippen LogP contribution is -2.45. The summed E-state index contributed by atoms with van der Waals surface area (Å²) in [5, 5.41) is 5.88. The van der Waals surface area contributed by atoms with Gasteiger partial charge in [-0.05, 0) is 72.1 Å². The molecule has 9 nitrogen and oxygen atoms in total. The number of rotatable bonds is 11. The molecule has 0 spiro atoms. The minimum Gasteiger partial charge on any atom is -0.464 e.